The predicted molar refractivity (Wildman–Crippen MR) is 149 cm³/mol. The van der Waals surface area contributed by atoms with E-state index in [1.807, 2.05) is 0 Å². The number of amides is 2. The number of nitrogens with zero attached hydrogens (tertiary/aromatic N) is 2. The van der Waals surface area contributed by atoms with Gasteiger partial charge in [-0.1, -0.05) is 26.0 Å². The Balaban J connectivity index is 1.82. The Kier molecular flexibility index (Phi) is 10.8. The topological polar surface area (TPSA) is 101 Å². The molecule has 0 bridgehead atoms. The van der Waals surface area contributed by atoms with Crippen LogP contribution in [0, 0.1) is 5.82 Å². The molecule has 0 heterocycles. The van der Waals surface area contributed by atoms with Gasteiger partial charge >= 0.3 is 0 Å². The van der Waals surface area contributed by atoms with E-state index in [0.29, 0.717) is 35.0 Å². The Hall–Kier alpha value is -4.44. The molecule has 3 aromatic rings. The summed E-state index contributed by atoms with van der Waals surface area (Å²) >= 11 is 0. The molecule has 0 saturated carbocycles. The Morgan fingerprint density at radius 2 is 1.64 bits per heavy atom. The summed E-state index contributed by atoms with van der Waals surface area (Å²) in [6, 6.07) is 15.3. The summed E-state index contributed by atoms with van der Waals surface area (Å²) in [6.45, 7) is 7.13. The molecule has 0 fully saturated rings. The van der Waals surface area contributed by atoms with E-state index in [0.717, 1.165) is 19.6 Å². The Morgan fingerprint density at radius 1 is 0.923 bits per heavy atom. The number of halogens is 1. The van der Waals surface area contributed by atoms with Gasteiger partial charge in [-0.25, -0.2) is 9.82 Å². The summed E-state index contributed by atoms with van der Waals surface area (Å²) < 4.78 is 29.5. The van der Waals surface area contributed by atoms with E-state index in [-0.39, 0.29) is 17.1 Å². The number of rotatable bonds is 13. The molecule has 0 radical (unpaired) electrons. The number of nitrogens with one attached hydrogen (secondary N) is 2. The number of ether oxygens (including phenoxy) is 3. The molecule has 3 aromatic carbocycles. The van der Waals surface area contributed by atoms with Crippen LogP contribution in [0.25, 0.3) is 0 Å². The fraction of sp³-hybridized carbons (Fsp3) is 0.276. The molecule has 39 heavy (non-hydrogen) atoms. The van der Waals surface area contributed by atoms with Crippen molar-refractivity contribution in [3.05, 3.63) is 83.2 Å². The molecule has 0 aliphatic carbocycles. The highest BCUT2D eigenvalue weighted by Gasteiger charge is 2.17. The maximum atomic E-state index is 13.1. The van der Waals surface area contributed by atoms with Gasteiger partial charge in [-0.05, 0) is 67.2 Å². The van der Waals surface area contributed by atoms with Crippen LogP contribution in [0.3, 0.4) is 0 Å². The molecule has 3 rings (SSSR count). The largest absolute Gasteiger partial charge is 0.493 e. The monoisotopic (exact) mass is 536 g/mol. The summed E-state index contributed by atoms with van der Waals surface area (Å²) in [5.74, 6) is -0.0301. The van der Waals surface area contributed by atoms with Gasteiger partial charge < -0.3 is 24.4 Å². The van der Waals surface area contributed by atoms with E-state index in [4.69, 9.17) is 14.2 Å². The van der Waals surface area contributed by atoms with Gasteiger partial charge in [0.1, 0.15) is 18.2 Å². The van der Waals surface area contributed by atoms with E-state index in [9.17, 15) is 14.0 Å². The van der Waals surface area contributed by atoms with Crippen molar-refractivity contribution in [1.82, 2.24) is 10.3 Å². The van der Waals surface area contributed by atoms with E-state index >= 15 is 0 Å². The lowest BCUT2D eigenvalue weighted by atomic mass is 10.1. The van der Waals surface area contributed by atoms with E-state index in [2.05, 4.69) is 34.6 Å². The summed E-state index contributed by atoms with van der Waals surface area (Å²) in [5.41, 5.74) is 3.79. The third-order valence-corrected chi connectivity index (χ3v) is 5.95. The molecule has 0 aromatic heterocycles. The first-order valence-electron chi connectivity index (χ1n) is 12.5. The molecular formula is C29H33FN4O5. The number of hydrogen-bond acceptors (Lipinski definition) is 7. The zero-order chi connectivity index (χ0) is 28.2. The Bertz CT molecular complexity index is 1290. The number of carbonyl (C=O) groups is 2. The molecule has 206 valence electrons. The maximum Gasteiger partial charge on any atom is 0.273 e. The van der Waals surface area contributed by atoms with Gasteiger partial charge in [-0.2, -0.15) is 5.10 Å². The van der Waals surface area contributed by atoms with Crippen LogP contribution >= 0.6 is 0 Å². The summed E-state index contributed by atoms with van der Waals surface area (Å²) in [7, 11) is 2.99. The second-order valence-corrected chi connectivity index (χ2v) is 8.36. The summed E-state index contributed by atoms with van der Waals surface area (Å²) in [4.78, 5) is 28.4. The minimum absolute atomic E-state index is 0.153. The van der Waals surface area contributed by atoms with Crippen molar-refractivity contribution in [3.63, 3.8) is 0 Å². The number of benzene rings is 3. The van der Waals surface area contributed by atoms with Crippen LogP contribution in [0.4, 0.5) is 10.1 Å². The SMILES string of the molecule is CCN(CC)CCOc1ccc(NC(=O)c2ccc(OC)c(OC)c2)c(C(=O)NN=Cc2ccc(F)cc2)c1. The van der Waals surface area contributed by atoms with Gasteiger partial charge in [-0.15, -0.1) is 0 Å². The van der Waals surface area contributed by atoms with Gasteiger partial charge in [-0.3, -0.25) is 9.59 Å². The number of hydrogen-bond donors (Lipinski definition) is 2. The first-order valence-corrected chi connectivity index (χ1v) is 12.5. The van der Waals surface area contributed by atoms with Crippen LogP contribution < -0.4 is 25.0 Å². The van der Waals surface area contributed by atoms with Gasteiger partial charge in [0.05, 0.1) is 31.7 Å². The number of anilines is 1. The molecule has 0 unspecified atom stereocenters. The average molecular weight is 537 g/mol. The lowest BCUT2D eigenvalue weighted by Gasteiger charge is -2.18. The van der Waals surface area contributed by atoms with Crippen LogP contribution in [0.1, 0.15) is 40.1 Å². The maximum absolute atomic E-state index is 13.1. The number of methoxy groups -OCH3 is 2. The van der Waals surface area contributed by atoms with Crippen LogP contribution in [0.5, 0.6) is 17.2 Å². The molecular weight excluding hydrogens is 503 g/mol. The van der Waals surface area contributed by atoms with Crippen LogP contribution in [0.15, 0.2) is 65.8 Å². The average Bonchev–Trinajstić information content (AvgIpc) is 2.96. The highest BCUT2D eigenvalue weighted by atomic mass is 19.1. The molecule has 0 aliphatic heterocycles. The van der Waals surface area contributed by atoms with Crippen LogP contribution in [-0.2, 0) is 0 Å². The normalized spacial score (nSPS) is 10.9. The van der Waals surface area contributed by atoms with Crippen molar-refractivity contribution in [2.75, 3.05) is 45.8 Å². The van der Waals surface area contributed by atoms with Crippen molar-refractivity contribution in [2.45, 2.75) is 13.8 Å². The standard InChI is InChI=1S/C29H33FN4O5/c1-5-34(6-2)15-16-39-23-12-13-25(32-28(35)21-9-14-26(37-3)27(17-21)38-4)24(18-23)29(36)33-31-19-20-7-10-22(30)11-8-20/h7-14,17-19H,5-6,15-16H2,1-4H3,(H,32,35)(H,33,36). The third kappa shape index (κ3) is 8.27. The molecule has 9 nitrogen and oxygen atoms in total. The van der Waals surface area contributed by atoms with Gasteiger partial charge in [0.2, 0.25) is 0 Å². The minimum atomic E-state index is -0.565. The van der Waals surface area contributed by atoms with Crippen molar-refractivity contribution in [2.24, 2.45) is 5.10 Å². The van der Waals surface area contributed by atoms with E-state index < -0.39 is 11.8 Å². The Labute approximate surface area is 227 Å². The highest BCUT2D eigenvalue weighted by Crippen LogP contribution is 2.29. The molecule has 0 atom stereocenters. The van der Waals surface area contributed by atoms with E-state index in [1.165, 1.54) is 44.7 Å². The molecule has 0 saturated heterocycles. The Morgan fingerprint density at radius 3 is 2.31 bits per heavy atom. The quantitative estimate of drug-likeness (QED) is 0.245. The second-order valence-electron chi connectivity index (χ2n) is 8.36. The van der Waals surface area contributed by atoms with Crippen molar-refractivity contribution < 1.29 is 28.2 Å². The van der Waals surface area contributed by atoms with Crippen molar-refractivity contribution in [1.29, 1.82) is 0 Å². The first-order chi connectivity index (χ1) is 18.9. The summed E-state index contributed by atoms with van der Waals surface area (Å²) in [6.07, 6.45) is 1.39. The molecule has 0 spiro atoms. The fourth-order valence-corrected chi connectivity index (χ4v) is 3.69. The first kappa shape index (κ1) is 29.1. The van der Waals surface area contributed by atoms with Crippen molar-refractivity contribution in [3.8, 4) is 17.2 Å². The van der Waals surface area contributed by atoms with Gasteiger partial charge in [0, 0.05) is 12.1 Å². The lowest BCUT2D eigenvalue weighted by Crippen LogP contribution is -2.28. The third-order valence-electron chi connectivity index (χ3n) is 5.95. The fourth-order valence-electron chi connectivity index (χ4n) is 3.69. The van der Waals surface area contributed by atoms with Gasteiger partial charge in [0.25, 0.3) is 11.8 Å². The predicted octanol–water partition coefficient (Wildman–Crippen LogP) is 4.58. The second kappa shape index (κ2) is 14.5. The zero-order valence-electron chi connectivity index (χ0n) is 22.5. The number of likely N-dealkylation sites (N-methyl/N-ethyl adjacent to an activating group) is 1. The van der Waals surface area contributed by atoms with E-state index in [1.54, 1.807) is 36.4 Å². The van der Waals surface area contributed by atoms with Crippen molar-refractivity contribution >= 4 is 23.7 Å². The molecule has 2 amide bonds. The lowest BCUT2D eigenvalue weighted by molar-refractivity contribution is 0.0955. The molecule has 0 aliphatic rings. The minimum Gasteiger partial charge on any atom is -0.493 e. The zero-order valence-corrected chi connectivity index (χ0v) is 22.5. The highest BCUT2D eigenvalue weighted by molar-refractivity contribution is 6.09. The van der Waals surface area contributed by atoms with Gasteiger partial charge in [0.15, 0.2) is 11.5 Å². The van der Waals surface area contributed by atoms with Crippen LogP contribution in [0.2, 0.25) is 0 Å². The number of hydrazone groups is 1. The number of carbonyl (C=O) groups excluding carboxylic acids is 2. The summed E-state index contributed by atoms with van der Waals surface area (Å²) in [5, 5.41) is 6.74. The van der Waals surface area contributed by atoms with Crippen LogP contribution in [-0.4, -0.2) is 63.4 Å². The smallest absolute Gasteiger partial charge is 0.273 e. The molecule has 10 heteroatoms. The molecule has 2 N–H and O–H groups in total.